The molecule has 0 fully saturated rings. The van der Waals surface area contributed by atoms with Gasteiger partial charge in [-0.15, -0.1) is 0 Å². The van der Waals surface area contributed by atoms with Crippen LogP contribution in [0, 0.1) is 5.21 Å². The van der Waals surface area contributed by atoms with E-state index in [1.165, 1.54) is 0 Å². The topological polar surface area (TPSA) is 124 Å². The van der Waals surface area contributed by atoms with Gasteiger partial charge in [-0.3, -0.25) is 19.8 Å². The zero-order chi connectivity index (χ0) is 13.9. The lowest BCUT2D eigenvalue weighted by molar-refractivity contribution is -0.723. The normalized spacial score (nSPS) is 16.9. The maximum absolute atomic E-state index is 11.7. The van der Waals surface area contributed by atoms with Gasteiger partial charge >= 0.3 is 11.5 Å². The molecule has 0 aliphatic carbocycles. The monoisotopic (exact) mass is 350 g/mol. The quantitative estimate of drug-likeness (QED) is 0.198. The molecular weight excluding hydrogens is 343 g/mol. The van der Waals surface area contributed by atoms with Crippen molar-refractivity contribution >= 4 is 68.9 Å². The second kappa shape index (κ2) is 7.30. The van der Waals surface area contributed by atoms with E-state index >= 15 is 0 Å². The predicted octanol–water partition coefficient (Wildman–Crippen LogP) is 0.546. The summed E-state index contributed by atoms with van der Waals surface area (Å²) in [6, 6.07) is 0. The summed E-state index contributed by atoms with van der Waals surface area (Å²) in [6.07, 6.45) is 0.762. The number of nitrogens with zero attached hydrogens (tertiary/aromatic N) is 2. The first-order chi connectivity index (χ1) is 8.25. The van der Waals surface area contributed by atoms with Gasteiger partial charge in [0.25, 0.3) is 9.58 Å². The molecule has 19 heavy (non-hydrogen) atoms. The summed E-state index contributed by atoms with van der Waals surface area (Å²) in [5.74, 6) is -2.21. The largest absolute Gasteiger partial charge is 0.417 e. The first-order valence-corrected chi connectivity index (χ1v) is 6.73. The standard InChI is InChI=1S/C8H7Cl3N2O4S.H2O/c9-8(10,11)6(15)5(14)4(13(16)17)7-12-2-1-3-18-7;/h1-3H2,(H,16,17);1H2. The number of alkyl halides is 3. The molecule has 0 amide bonds. The molecule has 0 aromatic heterocycles. The van der Waals surface area contributed by atoms with Crippen molar-refractivity contribution in [1.29, 1.82) is 0 Å². The second-order valence-corrected chi connectivity index (χ2v) is 6.53. The molecule has 0 aromatic carbocycles. The van der Waals surface area contributed by atoms with Gasteiger partial charge in [0.05, 0.1) is 4.90 Å². The van der Waals surface area contributed by atoms with Crippen LogP contribution in [0.15, 0.2) is 4.99 Å². The number of ketones is 2. The lowest BCUT2D eigenvalue weighted by Crippen LogP contribution is -2.40. The number of Topliss-reactive ketones (excluding diaryl/α,β-unsaturated/α-hetero) is 2. The second-order valence-electron chi connectivity index (χ2n) is 3.17. The molecule has 0 atom stereocenters. The average molecular weight is 352 g/mol. The number of carbonyl (C=O) groups excluding carboxylic acids is 2. The van der Waals surface area contributed by atoms with E-state index in [0.29, 0.717) is 12.3 Å². The van der Waals surface area contributed by atoms with E-state index in [0.717, 1.165) is 18.2 Å². The first-order valence-electron chi connectivity index (χ1n) is 4.61. The van der Waals surface area contributed by atoms with Gasteiger partial charge in [0.2, 0.25) is 0 Å². The van der Waals surface area contributed by atoms with Crippen LogP contribution in [0.3, 0.4) is 0 Å². The average Bonchev–Trinajstić information content (AvgIpc) is 2.27. The maximum atomic E-state index is 11.7. The van der Waals surface area contributed by atoms with Gasteiger partial charge in [-0.1, -0.05) is 46.6 Å². The van der Waals surface area contributed by atoms with Gasteiger partial charge in [-0.25, -0.2) is 0 Å². The highest BCUT2D eigenvalue weighted by Crippen LogP contribution is 2.28. The number of thioether (sulfide) groups is 1. The smallest absolute Gasteiger partial charge is 0.350 e. The Hall–Kier alpha value is -0.540. The van der Waals surface area contributed by atoms with Crippen molar-refractivity contribution in [3.8, 4) is 0 Å². The fourth-order valence-corrected chi connectivity index (χ4v) is 2.32. The summed E-state index contributed by atoms with van der Waals surface area (Å²) in [6.45, 7) is 0.384. The number of hydrogen-bond acceptors (Lipinski definition) is 6. The number of hydrogen-bond donors (Lipinski definition) is 1. The van der Waals surface area contributed by atoms with Crippen LogP contribution in [0.5, 0.6) is 0 Å². The highest BCUT2D eigenvalue weighted by atomic mass is 35.6. The molecular formula is C8H9Cl3N2O5S. The molecule has 0 spiro atoms. The molecule has 0 saturated heterocycles. The number of halogens is 3. The molecule has 0 bridgehead atoms. The maximum Gasteiger partial charge on any atom is 0.350 e. The van der Waals surface area contributed by atoms with Gasteiger partial charge in [-0.05, 0) is 6.42 Å². The van der Waals surface area contributed by atoms with Gasteiger partial charge in [0.1, 0.15) is 0 Å². The SMILES string of the molecule is O.O=C(C(=O)C(Cl)(Cl)Cl)/C(C1=NCCCS1)=[N+](/[O-])O. The van der Waals surface area contributed by atoms with Crippen LogP contribution in [-0.2, 0) is 9.59 Å². The fraction of sp³-hybridized carbons (Fsp3) is 0.500. The van der Waals surface area contributed by atoms with E-state index in [9.17, 15) is 14.8 Å². The molecule has 0 radical (unpaired) electrons. The van der Waals surface area contributed by atoms with Crippen molar-refractivity contribution in [2.24, 2.45) is 4.99 Å². The molecule has 1 aliphatic rings. The molecule has 108 valence electrons. The zero-order valence-electron chi connectivity index (χ0n) is 9.23. The third kappa shape index (κ3) is 4.81. The van der Waals surface area contributed by atoms with E-state index < -0.39 is 26.0 Å². The van der Waals surface area contributed by atoms with Crippen molar-refractivity contribution in [1.82, 2.24) is 0 Å². The van der Waals surface area contributed by atoms with Crippen molar-refractivity contribution in [3.05, 3.63) is 5.21 Å². The lowest BCUT2D eigenvalue weighted by Gasteiger charge is -2.11. The van der Waals surface area contributed by atoms with Crippen LogP contribution >= 0.6 is 46.6 Å². The lowest BCUT2D eigenvalue weighted by atomic mass is 10.2. The van der Waals surface area contributed by atoms with Crippen LogP contribution in [0.25, 0.3) is 0 Å². The highest BCUT2D eigenvalue weighted by Gasteiger charge is 2.44. The number of rotatable bonds is 3. The number of aliphatic imine (C=N–C) groups is 1. The summed E-state index contributed by atoms with van der Waals surface area (Å²) in [5.41, 5.74) is -0.823. The summed E-state index contributed by atoms with van der Waals surface area (Å²) < 4.78 is -2.49. The molecule has 7 nitrogen and oxygen atoms in total. The Morgan fingerprint density at radius 3 is 2.37 bits per heavy atom. The van der Waals surface area contributed by atoms with Crippen LogP contribution in [0.1, 0.15) is 6.42 Å². The summed E-state index contributed by atoms with van der Waals surface area (Å²) in [4.78, 5) is 26.3. The first kappa shape index (κ1) is 18.5. The van der Waals surface area contributed by atoms with Crippen LogP contribution in [0.4, 0.5) is 0 Å². The van der Waals surface area contributed by atoms with Crippen molar-refractivity contribution in [2.45, 2.75) is 10.2 Å². The molecule has 0 unspecified atom stereocenters. The molecule has 0 aromatic rings. The molecule has 1 heterocycles. The minimum Gasteiger partial charge on any atom is -0.417 e. The van der Waals surface area contributed by atoms with E-state index in [-0.39, 0.29) is 10.5 Å². The summed E-state index contributed by atoms with van der Waals surface area (Å²) in [7, 11) is 0. The Labute approximate surface area is 127 Å². The minimum atomic E-state index is -2.49. The van der Waals surface area contributed by atoms with Gasteiger partial charge < -0.3 is 10.7 Å². The third-order valence-electron chi connectivity index (χ3n) is 1.87. The van der Waals surface area contributed by atoms with Crippen molar-refractivity contribution < 1.29 is 25.2 Å². The Kier molecular flexibility index (Phi) is 7.09. The predicted molar refractivity (Wildman–Crippen MR) is 73.7 cm³/mol. The molecule has 0 saturated carbocycles. The van der Waals surface area contributed by atoms with Crippen molar-refractivity contribution in [3.63, 3.8) is 0 Å². The van der Waals surface area contributed by atoms with Crippen molar-refractivity contribution in [2.75, 3.05) is 12.3 Å². The van der Waals surface area contributed by atoms with Gasteiger partial charge in [-0.2, -0.15) is 0 Å². The Bertz CT molecular complexity index is 442. The minimum absolute atomic E-state index is 0. The molecule has 11 heteroatoms. The van der Waals surface area contributed by atoms with Crippen LogP contribution < -0.4 is 0 Å². The molecule has 3 N–H and O–H groups in total. The zero-order valence-corrected chi connectivity index (χ0v) is 12.3. The highest BCUT2D eigenvalue weighted by molar-refractivity contribution is 8.16. The summed E-state index contributed by atoms with van der Waals surface area (Å²) in [5, 5.41) is 19.8. The van der Waals surface area contributed by atoms with Crippen LogP contribution in [0.2, 0.25) is 0 Å². The number of carbonyl (C=O) groups is 2. The molecule has 1 aliphatic heterocycles. The van der Waals surface area contributed by atoms with Crippen LogP contribution in [-0.4, -0.2) is 54.0 Å². The fourth-order valence-electron chi connectivity index (χ4n) is 1.10. The Morgan fingerprint density at radius 1 is 1.42 bits per heavy atom. The third-order valence-corrected chi connectivity index (χ3v) is 3.47. The van der Waals surface area contributed by atoms with Gasteiger partial charge in [0.15, 0.2) is 5.04 Å². The molecule has 1 rings (SSSR count). The Balaban J connectivity index is 0.00000324. The van der Waals surface area contributed by atoms with E-state index in [4.69, 9.17) is 40.0 Å². The van der Waals surface area contributed by atoms with E-state index in [1.54, 1.807) is 0 Å². The summed E-state index contributed by atoms with van der Waals surface area (Å²) >= 11 is 16.9. The van der Waals surface area contributed by atoms with E-state index in [1.807, 2.05) is 0 Å². The van der Waals surface area contributed by atoms with Gasteiger partial charge in [0, 0.05) is 12.3 Å². The Morgan fingerprint density at radius 2 is 2.00 bits per heavy atom. The van der Waals surface area contributed by atoms with E-state index in [2.05, 4.69) is 4.99 Å².